The van der Waals surface area contributed by atoms with Gasteiger partial charge < -0.3 is 0 Å². The van der Waals surface area contributed by atoms with Crippen molar-refractivity contribution in [1.29, 1.82) is 0 Å². The predicted molar refractivity (Wildman–Crippen MR) is 43.4 cm³/mol. The Morgan fingerprint density at radius 1 is 1.36 bits per heavy atom. The van der Waals surface area contributed by atoms with E-state index in [-0.39, 0.29) is 5.91 Å². The van der Waals surface area contributed by atoms with E-state index in [9.17, 15) is 4.79 Å². The second-order valence-electron chi connectivity index (χ2n) is 2.49. The topological polar surface area (TPSA) is 29.4 Å². The van der Waals surface area contributed by atoms with E-state index in [1.54, 1.807) is 6.21 Å². The number of carbonyl (C=O) groups is 1. The summed E-state index contributed by atoms with van der Waals surface area (Å²) < 4.78 is 0. The van der Waals surface area contributed by atoms with Crippen molar-refractivity contribution in [3.8, 4) is 0 Å². The van der Waals surface area contributed by atoms with Crippen molar-refractivity contribution in [2.24, 2.45) is 4.99 Å². The number of amides is 1. The summed E-state index contributed by atoms with van der Waals surface area (Å²) in [5.41, 5.74) is 1.82. The Bertz CT molecular complexity index is 318. The van der Waals surface area contributed by atoms with Crippen LogP contribution in [0, 0.1) is 0 Å². The third kappa shape index (κ3) is 0.963. The first-order valence-corrected chi connectivity index (χ1v) is 3.53. The maximum absolute atomic E-state index is 11.1. The number of rotatable bonds is 0. The number of hydrogen-bond acceptors (Lipinski definition) is 1. The van der Waals surface area contributed by atoms with E-state index in [0.717, 1.165) is 17.6 Å². The largest absolute Gasteiger partial charge is 0.277 e. The molecule has 2 rings (SSSR count). The lowest BCUT2D eigenvalue weighted by Gasteiger charge is -2.11. The Labute approximate surface area is 64.6 Å². The highest BCUT2D eigenvalue weighted by molar-refractivity contribution is 6.07. The SMILES string of the molecule is O=C1N=CC=C2CC=CC=C12. The van der Waals surface area contributed by atoms with Crippen LogP contribution in [-0.4, -0.2) is 12.1 Å². The van der Waals surface area contributed by atoms with Gasteiger partial charge in [0.25, 0.3) is 5.91 Å². The molecular formula is C9H7NO. The van der Waals surface area contributed by atoms with E-state index in [1.807, 2.05) is 24.3 Å². The zero-order valence-electron chi connectivity index (χ0n) is 5.95. The second-order valence-corrected chi connectivity index (χ2v) is 2.49. The first-order valence-electron chi connectivity index (χ1n) is 3.53. The number of hydrogen-bond donors (Lipinski definition) is 0. The van der Waals surface area contributed by atoms with Crippen LogP contribution in [0.15, 0.2) is 40.4 Å². The van der Waals surface area contributed by atoms with Gasteiger partial charge in [0.05, 0.1) is 0 Å². The van der Waals surface area contributed by atoms with Gasteiger partial charge in [-0.1, -0.05) is 12.2 Å². The van der Waals surface area contributed by atoms with Gasteiger partial charge in [0.15, 0.2) is 0 Å². The zero-order chi connectivity index (χ0) is 7.68. The van der Waals surface area contributed by atoms with E-state index in [1.165, 1.54) is 0 Å². The van der Waals surface area contributed by atoms with Crippen LogP contribution in [0.5, 0.6) is 0 Å². The normalized spacial score (nSPS) is 20.9. The molecule has 1 amide bonds. The monoisotopic (exact) mass is 145 g/mol. The van der Waals surface area contributed by atoms with Gasteiger partial charge in [-0.15, -0.1) is 0 Å². The van der Waals surface area contributed by atoms with Crippen LogP contribution in [-0.2, 0) is 4.79 Å². The Hall–Kier alpha value is -1.44. The van der Waals surface area contributed by atoms with Crippen LogP contribution in [0.25, 0.3) is 0 Å². The number of carbonyl (C=O) groups excluding carboxylic acids is 1. The van der Waals surface area contributed by atoms with Crippen molar-refractivity contribution in [3.05, 3.63) is 35.5 Å². The summed E-state index contributed by atoms with van der Waals surface area (Å²) in [6.07, 6.45) is 10.0. The fraction of sp³-hybridized carbons (Fsp3) is 0.111. The van der Waals surface area contributed by atoms with Crippen molar-refractivity contribution >= 4 is 12.1 Å². The smallest absolute Gasteiger partial charge is 0.267 e. The molecule has 0 aromatic carbocycles. The molecule has 11 heavy (non-hydrogen) atoms. The third-order valence-electron chi connectivity index (χ3n) is 1.78. The first kappa shape index (κ1) is 6.28. The van der Waals surface area contributed by atoms with Crippen molar-refractivity contribution in [2.45, 2.75) is 6.42 Å². The lowest BCUT2D eigenvalue weighted by Crippen LogP contribution is -2.08. The van der Waals surface area contributed by atoms with Crippen LogP contribution in [0.2, 0.25) is 0 Å². The highest BCUT2D eigenvalue weighted by Gasteiger charge is 2.15. The minimum Gasteiger partial charge on any atom is -0.267 e. The molecule has 0 unspecified atom stereocenters. The predicted octanol–water partition coefficient (Wildman–Crippen LogP) is 1.41. The summed E-state index contributed by atoms with van der Waals surface area (Å²) in [7, 11) is 0. The van der Waals surface area contributed by atoms with Gasteiger partial charge >= 0.3 is 0 Å². The van der Waals surface area contributed by atoms with E-state index in [0.29, 0.717) is 0 Å². The van der Waals surface area contributed by atoms with Gasteiger partial charge in [0, 0.05) is 11.8 Å². The molecule has 0 atom stereocenters. The molecule has 0 saturated carbocycles. The molecule has 0 spiro atoms. The molecule has 0 radical (unpaired) electrons. The van der Waals surface area contributed by atoms with Crippen LogP contribution < -0.4 is 0 Å². The van der Waals surface area contributed by atoms with Gasteiger partial charge in [-0.25, -0.2) is 4.99 Å². The number of dihydropyridines is 1. The van der Waals surface area contributed by atoms with Crippen LogP contribution in [0.1, 0.15) is 6.42 Å². The van der Waals surface area contributed by atoms with E-state index in [2.05, 4.69) is 4.99 Å². The molecule has 1 heterocycles. The standard InChI is InChI=1S/C9H7NO/c11-9-8-4-2-1-3-7(8)5-6-10-9/h1-2,4-6H,3H2. The van der Waals surface area contributed by atoms with E-state index >= 15 is 0 Å². The summed E-state index contributed by atoms with van der Waals surface area (Å²) in [6, 6.07) is 0. The summed E-state index contributed by atoms with van der Waals surface area (Å²) in [5, 5.41) is 0. The Morgan fingerprint density at radius 2 is 2.27 bits per heavy atom. The average molecular weight is 145 g/mol. The minimum atomic E-state index is -0.119. The lowest BCUT2D eigenvalue weighted by molar-refractivity contribution is -0.114. The highest BCUT2D eigenvalue weighted by Crippen LogP contribution is 2.22. The molecule has 2 heteroatoms. The highest BCUT2D eigenvalue weighted by atomic mass is 16.1. The summed E-state index contributed by atoms with van der Waals surface area (Å²) in [5.74, 6) is -0.119. The van der Waals surface area contributed by atoms with Crippen LogP contribution in [0.4, 0.5) is 0 Å². The number of aliphatic imine (C=N–C) groups is 1. The third-order valence-corrected chi connectivity index (χ3v) is 1.78. The summed E-state index contributed by atoms with van der Waals surface area (Å²) >= 11 is 0. The Kier molecular flexibility index (Phi) is 1.32. The Balaban J connectivity index is 2.48. The maximum Gasteiger partial charge on any atom is 0.277 e. The quantitative estimate of drug-likeness (QED) is 0.506. The molecule has 0 N–H and O–H groups in total. The van der Waals surface area contributed by atoms with Gasteiger partial charge in [0.1, 0.15) is 0 Å². The van der Waals surface area contributed by atoms with E-state index in [4.69, 9.17) is 0 Å². The molecule has 54 valence electrons. The number of allylic oxidation sites excluding steroid dienone is 4. The van der Waals surface area contributed by atoms with Gasteiger partial charge in [0.2, 0.25) is 0 Å². The molecule has 1 aliphatic carbocycles. The van der Waals surface area contributed by atoms with Crippen molar-refractivity contribution in [1.82, 2.24) is 0 Å². The zero-order valence-corrected chi connectivity index (χ0v) is 5.95. The lowest BCUT2D eigenvalue weighted by atomic mass is 9.96. The first-order chi connectivity index (χ1) is 5.38. The molecule has 0 aromatic rings. The fourth-order valence-corrected chi connectivity index (χ4v) is 1.21. The number of nitrogens with zero attached hydrogens (tertiary/aromatic N) is 1. The van der Waals surface area contributed by atoms with Gasteiger partial charge in [-0.05, 0) is 24.1 Å². The molecule has 0 bridgehead atoms. The molecule has 0 fully saturated rings. The molecule has 1 aliphatic heterocycles. The van der Waals surface area contributed by atoms with E-state index < -0.39 is 0 Å². The second kappa shape index (κ2) is 2.31. The van der Waals surface area contributed by atoms with Crippen LogP contribution >= 0.6 is 0 Å². The number of fused-ring (bicyclic) bond motifs is 1. The van der Waals surface area contributed by atoms with Gasteiger partial charge in [-0.3, -0.25) is 4.79 Å². The maximum atomic E-state index is 11.1. The van der Waals surface area contributed by atoms with Gasteiger partial charge in [-0.2, -0.15) is 0 Å². The summed E-state index contributed by atoms with van der Waals surface area (Å²) in [4.78, 5) is 14.8. The molecule has 2 aliphatic rings. The van der Waals surface area contributed by atoms with Crippen molar-refractivity contribution < 1.29 is 4.79 Å². The minimum absolute atomic E-state index is 0.119. The van der Waals surface area contributed by atoms with Crippen molar-refractivity contribution in [3.63, 3.8) is 0 Å². The molecule has 2 nitrogen and oxygen atoms in total. The molecule has 0 aromatic heterocycles. The molecular weight excluding hydrogens is 138 g/mol. The van der Waals surface area contributed by atoms with Crippen LogP contribution in [0.3, 0.4) is 0 Å². The van der Waals surface area contributed by atoms with Crippen molar-refractivity contribution in [2.75, 3.05) is 0 Å². The average Bonchev–Trinajstić information content (AvgIpc) is 2.06. The molecule has 0 saturated heterocycles. The summed E-state index contributed by atoms with van der Waals surface area (Å²) in [6.45, 7) is 0. The fourth-order valence-electron chi connectivity index (χ4n) is 1.21. The Morgan fingerprint density at radius 3 is 3.09 bits per heavy atom.